The first kappa shape index (κ1) is 9.82. The van der Waals surface area contributed by atoms with Crippen molar-refractivity contribution in [2.24, 2.45) is 0 Å². The molecule has 0 saturated carbocycles. The van der Waals surface area contributed by atoms with Gasteiger partial charge in [0.2, 0.25) is 0 Å². The third kappa shape index (κ3) is 2.10. The van der Waals surface area contributed by atoms with E-state index in [4.69, 9.17) is 10.3 Å². The number of nitrogens with one attached hydrogen (secondary N) is 1. The summed E-state index contributed by atoms with van der Waals surface area (Å²) in [7, 11) is -2.59. The van der Waals surface area contributed by atoms with Gasteiger partial charge in [0.05, 0.1) is 5.69 Å². The van der Waals surface area contributed by atoms with Crippen LogP contribution in [0.1, 0.15) is 0 Å². The molecule has 6 heteroatoms. The molecule has 0 saturated heterocycles. The molecule has 1 aromatic carbocycles. The van der Waals surface area contributed by atoms with Gasteiger partial charge in [-0.05, 0) is 18.2 Å². The van der Waals surface area contributed by atoms with Crippen molar-refractivity contribution < 1.29 is 13.0 Å². The number of hydrogen-bond donors (Lipinski definition) is 3. The molecule has 0 bridgehead atoms. The van der Waals surface area contributed by atoms with Crippen molar-refractivity contribution >= 4 is 21.5 Å². The Balaban J connectivity index is 3.36. The first-order valence-corrected chi connectivity index (χ1v) is 4.94. The summed E-state index contributed by atoms with van der Waals surface area (Å²) in [4.78, 5) is -0.278. The Morgan fingerprint density at radius 1 is 1.46 bits per heavy atom. The molecule has 13 heavy (non-hydrogen) atoms. The van der Waals surface area contributed by atoms with Crippen molar-refractivity contribution in [1.29, 1.82) is 0 Å². The van der Waals surface area contributed by atoms with Crippen LogP contribution < -0.4 is 11.1 Å². The van der Waals surface area contributed by atoms with Crippen molar-refractivity contribution in [2.75, 3.05) is 18.1 Å². The molecule has 0 heterocycles. The Bertz CT molecular complexity index is 414. The van der Waals surface area contributed by atoms with Gasteiger partial charge in [-0.2, -0.15) is 8.42 Å². The third-order valence-electron chi connectivity index (χ3n) is 1.58. The molecule has 5 nitrogen and oxygen atoms in total. The fourth-order valence-corrected chi connectivity index (χ4v) is 1.56. The maximum absolute atomic E-state index is 10.8. The minimum absolute atomic E-state index is 0.0292. The van der Waals surface area contributed by atoms with Gasteiger partial charge in [-0.1, -0.05) is 0 Å². The van der Waals surface area contributed by atoms with Crippen molar-refractivity contribution in [3.63, 3.8) is 0 Å². The van der Waals surface area contributed by atoms with Gasteiger partial charge >= 0.3 is 0 Å². The standard InChI is InChI=1S/C7H10N2O3S/c1-9-5-2-3-6(8)7(4-5)13(10,11)12/h2-4,9H,8H2,1H3,(H,10,11,12). The molecule has 0 aliphatic heterocycles. The lowest BCUT2D eigenvalue weighted by Gasteiger charge is -2.05. The summed E-state index contributed by atoms with van der Waals surface area (Å²) in [6.07, 6.45) is 0. The van der Waals surface area contributed by atoms with Crippen LogP contribution in [0, 0.1) is 0 Å². The molecule has 0 aliphatic carbocycles. The maximum Gasteiger partial charge on any atom is 0.296 e. The average Bonchev–Trinajstić information content (AvgIpc) is 2.03. The van der Waals surface area contributed by atoms with Crippen LogP contribution in [-0.4, -0.2) is 20.0 Å². The Kier molecular flexibility index (Phi) is 2.44. The topological polar surface area (TPSA) is 92.4 Å². The highest BCUT2D eigenvalue weighted by Gasteiger charge is 2.13. The summed E-state index contributed by atoms with van der Waals surface area (Å²) < 4.78 is 30.3. The summed E-state index contributed by atoms with van der Waals surface area (Å²) in [5, 5.41) is 2.74. The van der Waals surface area contributed by atoms with Crippen LogP contribution in [0.4, 0.5) is 11.4 Å². The highest BCUT2D eigenvalue weighted by Crippen LogP contribution is 2.21. The molecule has 0 fully saturated rings. The SMILES string of the molecule is CNc1ccc(N)c(S(=O)(=O)O)c1. The van der Waals surface area contributed by atoms with E-state index in [0.29, 0.717) is 5.69 Å². The van der Waals surface area contributed by atoms with Crippen LogP contribution in [0.3, 0.4) is 0 Å². The number of nitrogen functional groups attached to an aromatic ring is 1. The predicted octanol–water partition coefficient (Wildman–Crippen LogP) is 0.557. The van der Waals surface area contributed by atoms with E-state index in [2.05, 4.69) is 5.32 Å². The molecular weight excluding hydrogens is 192 g/mol. The molecule has 0 radical (unpaired) electrons. The van der Waals surface area contributed by atoms with E-state index in [9.17, 15) is 8.42 Å². The summed E-state index contributed by atoms with van der Waals surface area (Å²) >= 11 is 0. The number of anilines is 2. The zero-order chi connectivity index (χ0) is 10.1. The average molecular weight is 202 g/mol. The fraction of sp³-hybridized carbons (Fsp3) is 0.143. The first-order valence-electron chi connectivity index (χ1n) is 3.50. The van der Waals surface area contributed by atoms with E-state index < -0.39 is 10.1 Å². The highest BCUT2D eigenvalue weighted by molar-refractivity contribution is 7.86. The summed E-state index contributed by atoms with van der Waals surface area (Å²) in [6.45, 7) is 0. The van der Waals surface area contributed by atoms with Gasteiger partial charge in [0.25, 0.3) is 10.1 Å². The zero-order valence-corrected chi connectivity index (χ0v) is 7.80. The third-order valence-corrected chi connectivity index (χ3v) is 2.49. The second-order valence-corrected chi connectivity index (χ2v) is 3.87. The quantitative estimate of drug-likeness (QED) is 0.481. The highest BCUT2D eigenvalue weighted by atomic mass is 32.2. The van der Waals surface area contributed by atoms with Gasteiger partial charge in [0.15, 0.2) is 0 Å². The molecule has 4 N–H and O–H groups in total. The van der Waals surface area contributed by atoms with Crippen LogP contribution in [0.5, 0.6) is 0 Å². The van der Waals surface area contributed by atoms with E-state index in [0.717, 1.165) is 0 Å². The first-order chi connectivity index (χ1) is 5.95. The molecule has 0 aromatic heterocycles. The van der Waals surface area contributed by atoms with Crippen molar-refractivity contribution in [3.05, 3.63) is 18.2 Å². The normalized spacial score (nSPS) is 11.2. The monoisotopic (exact) mass is 202 g/mol. The van der Waals surface area contributed by atoms with Crippen LogP contribution in [0.2, 0.25) is 0 Å². The van der Waals surface area contributed by atoms with Crippen molar-refractivity contribution in [1.82, 2.24) is 0 Å². The lowest BCUT2D eigenvalue weighted by atomic mass is 10.3. The van der Waals surface area contributed by atoms with Gasteiger partial charge in [-0.15, -0.1) is 0 Å². The molecule has 0 unspecified atom stereocenters. The molecule has 0 spiro atoms. The zero-order valence-electron chi connectivity index (χ0n) is 6.98. The lowest BCUT2D eigenvalue weighted by molar-refractivity contribution is 0.483. The minimum atomic E-state index is -4.23. The molecule has 1 aromatic rings. The Morgan fingerprint density at radius 2 is 2.08 bits per heavy atom. The van der Waals surface area contributed by atoms with Crippen molar-refractivity contribution in [3.8, 4) is 0 Å². The largest absolute Gasteiger partial charge is 0.398 e. The number of benzene rings is 1. The lowest BCUT2D eigenvalue weighted by Crippen LogP contribution is -2.03. The smallest absolute Gasteiger partial charge is 0.296 e. The Labute approximate surface area is 76.3 Å². The van der Waals surface area contributed by atoms with E-state index in [1.807, 2.05) is 0 Å². The summed E-state index contributed by atoms with van der Waals surface area (Å²) in [5.41, 5.74) is 5.96. The molecule has 0 amide bonds. The molecule has 0 atom stereocenters. The van der Waals surface area contributed by atoms with Crippen LogP contribution in [0.25, 0.3) is 0 Å². The van der Waals surface area contributed by atoms with Gasteiger partial charge in [0.1, 0.15) is 4.90 Å². The number of nitrogens with two attached hydrogens (primary N) is 1. The van der Waals surface area contributed by atoms with Crippen LogP contribution in [-0.2, 0) is 10.1 Å². The fourth-order valence-electron chi connectivity index (χ4n) is 0.913. The summed E-state index contributed by atoms with van der Waals surface area (Å²) in [5.74, 6) is 0. The molecule has 72 valence electrons. The van der Waals surface area contributed by atoms with Crippen LogP contribution in [0.15, 0.2) is 23.1 Å². The molecule has 1 rings (SSSR count). The van der Waals surface area contributed by atoms with E-state index in [-0.39, 0.29) is 10.6 Å². The molecule has 0 aliphatic rings. The molecular formula is C7H10N2O3S. The summed E-state index contributed by atoms with van der Waals surface area (Å²) in [6, 6.07) is 4.30. The van der Waals surface area contributed by atoms with Crippen LogP contribution >= 0.6 is 0 Å². The van der Waals surface area contributed by atoms with E-state index in [1.54, 1.807) is 13.1 Å². The number of hydrogen-bond acceptors (Lipinski definition) is 4. The van der Waals surface area contributed by atoms with Gasteiger partial charge in [-0.3, -0.25) is 4.55 Å². The minimum Gasteiger partial charge on any atom is -0.398 e. The van der Waals surface area contributed by atoms with Gasteiger partial charge in [-0.25, -0.2) is 0 Å². The van der Waals surface area contributed by atoms with Crippen molar-refractivity contribution in [2.45, 2.75) is 4.90 Å². The Morgan fingerprint density at radius 3 is 2.54 bits per heavy atom. The predicted molar refractivity (Wildman–Crippen MR) is 50.2 cm³/mol. The second kappa shape index (κ2) is 3.23. The van der Waals surface area contributed by atoms with E-state index in [1.165, 1.54) is 12.1 Å². The maximum atomic E-state index is 10.8. The van der Waals surface area contributed by atoms with Gasteiger partial charge in [0, 0.05) is 12.7 Å². The van der Waals surface area contributed by atoms with Gasteiger partial charge < -0.3 is 11.1 Å². The van der Waals surface area contributed by atoms with E-state index >= 15 is 0 Å². The Hall–Kier alpha value is -1.27. The number of rotatable bonds is 2. The second-order valence-electron chi connectivity index (χ2n) is 2.48.